The van der Waals surface area contributed by atoms with E-state index in [2.05, 4.69) is 65.3 Å². The van der Waals surface area contributed by atoms with E-state index in [9.17, 15) is 14.7 Å². The molecule has 10 nitrogen and oxygen atoms in total. The van der Waals surface area contributed by atoms with Crippen LogP contribution in [0, 0.1) is 25.7 Å². The summed E-state index contributed by atoms with van der Waals surface area (Å²) < 4.78 is 3.98. The minimum absolute atomic E-state index is 0.0915. The first kappa shape index (κ1) is 40.4. The van der Waals surface area contributed by atoms with Crippen LogP contribution in [-0.2, 0) is 17.9 Å². The molecular formula is C46H58N6O4. The Bertz CT molecular complexity index is 1960. The second-order valence-corrected chi connectivity index (χ2v) is 15.5. The number of anilines is 1. The SMILES string of the molecule is Cc1nn(Cc2ccccc2)cc1C(Nc1ccc(C(=O)NCCC(=O)O)cc1)C1CCCCC1.Cc1nn(Cc2ccccc2)cc1C(O)C1CCCCC1. The number of hydrogen-bond donors (Lipinski definition) is 4. The van der Waals surface area contributed by atoms with Crippen molar-refractivity contribution in [3.63, 3.8) is 0 Å². The number of nitrogens with zero attached hydrogens (tertiary/aromatic N) is 4. The van der Waals surface area contributed by atoms with E-state index in [1.54, 1.807) is 12.1 Å². The van der Waals surface area contributed by atoms with Crippen LogP contribution in [0.4, 0.5) is 5.69 Å². The Labute approximate surface area is 331 Å². The summed E-state index contributed by atoms with van der Waals surface area (Å²) in [6, 6.07) is 28.2. The highest BCUT2D eigenvalue weighted by Gasteiger charge is 2.28. The molecular weight excluding hydrogens is 701 g/mol. The summed E-state index contributed by atoms with van der Waals surface area (Å²) in [6.07, 6.45) is 16.0. The number of aryl methyl sites for hydroxylation is 2. The normalized spacial score (nSPS) is 16.0. The number of benzene rings is 3. The summed E-state index contributed by atoms with van der Waals surface area (Å²) in [6.45, 7) is 5.70. The second-order valence-electron chi connectivity index (χ2n) is 15.5. The highest BCUT2D eigenvalue weighted by atomic mass is 16.4. The Hall–Kier alpha value is -5.22. The van der Waals surface area contributed by atoms with Gasteiger partial charge < -0.3 is 20.8 Å². The van der Waals surface area contributed by atoms with Crippen molar-refractivity contribution in [3.8, 4) is 0 Å². The van der Waals surface area contributed by atoms with Crippen molar-refractivity contribution in [3.05, 3.63) is 137 Å². The van der Waals surface area contributed by atoms with E-state index in [4.69, 9.17) is 10.2 Å². The molecule has 10 heteroatoms. The maximum atomic E-state index is 12.3. The molecule has 0 radical (unpaired) electrons. The fourth-order valence-electron chi connectivity index (χ4n) is 8.27. The van der Waals surface area contributed by atoms with Gasteiger partial charge >= 0.3 is 5.97 Å². The van der Waals surface area contributed by atoms with Gasteiger partial charge in [-0.2, -0.15) is 10.2 Å². The van der Waals surface area contributed by atoms with Crippen molar-refractivity contribution in [2.24, 2.45) is 11.8 Å². The number of amides is 1. The van der Waals surface area contributed by atoms with Crippen molar-refractivity contribution >= 4 is 17.6 Å². The van der Waals surface area contributed by atoms with Crippen LogP contribution in [0.3, 0.4) is 0 Å². The van der Waals surface area contributed by atoms with Gasteiger partial charge in [-0.05, 0) is 86.8 Å². The van der Waals surface area contributed by atoms with E-state index < -0.39 is 5.97 Å². The Balaban J connectivity index is 0.000000215. The number of aliphatic hydroxyl groups is 1. The summed E-state index contributed by atoms with van der Waals surface area (Å²) in [5, 5.41) is 35.2. The molecule has 0 spiro atoms. The Morgan fingerprint density at radius 3 is 1.73 bits per heavy atom. The molecule has 2 heterocycles. The first-order valence-corrected chi connectivity index (χ1v) is 20.4. The maximum Gasteiger partial charge on any atom is 0.305 e. The standard InChI is InChI=1S/C28H34N4O3.C18H24N2O/c1-20-25(19-32(31-20)18-21-8-4-2-5-9-21)27(22-10-6-3-7-11-22)30-24-14-12-23(13-15-24)28(35)29-17-16-26(33)34;1-14-17(18(21)16-10-6-3-7-11-16)13-20(19-14)12-15-8-4-2-5-9-15/h2,4-5,8-9,12-15,19,22,27,30H,3,6-7,10-11,16-18H2,1H3,(H,29,35)(H,33,34);2,4-5,8-9,13,16,18,21H,3,6-7,10-12H2,1H3. The Morgan fingerprint density at radius 1 is 0.696 bits per heavy atom. The van der Waals surface area contributed by atoms with Crippen LogP contribution in [0.1, 0.15) is 127 Å². The first-order chi connectivity index (χ1) is 27.2. The first-order valence-electron chi connectivity index (χ1n) is 20.4. The molecule has 0 bridgehead atoms. The molecule has 56 heavy (non-hydrogen) atoms. The summed E-state index contributed by atoms with van der Waals surface area (Å²) in [5.74, 6) is -0.261. The zero-order chi connectivity index (χ0) is 39.3. The third-order valence-electron chi connectivity index (χ3n) is 11.3. The monoisotopic (exact) mass is 758 g/mol. The number of rotatable bonds is 14. The van der Waals surface area contributed by atoms with Crippen molar-refractivity contribution < 1.29 is 19.8 Å². The lowest BCUT2D eigenvalue weighted by Gasteiger charge is -2.31. The molecule has 4 N–H and O–H groups in total. The van der Waals surface area contributed by atoms with E-state index in [1.165, 1.54) is 68.1 Å². The third-order valence-corrected chi connectivity index (χ3v) is 11.3. The van der Waals surface area contributed by atoms with E-state index >= 15 is 0 Å². The van der Waals surface area contributed by atoms with Crippen molar-refractivity contribution in [1.82, 2.24) is 24.9 Å². The number of nitrogens with one attached hydrogen (secondary N) is 2. The Morgan fingerprint density at radius 2 is 1.20 bits per heavy atom. The third kappa shape index (κ3) is 11.4. The fourth-order valence-corrected chi connectivity index (χ4v) is 8.27. The predicted molar refractivity (Wildman–Crippen MR) is 221 cm³/mol. The van der Waals surface area contributed by atoms with Gasteiger partial charge in [0, 0.05) is 41.3 Å². The Kier molecular flexibility index (Phi) is 14.5. The largest absolute Gasteiger partial charge is 0.481 e. The van der Waals surface area contributed by atoms with Crippen LogP contribution in [0.5, 0.6) is 0 Å². The van der Waals surface area contributed by atoms with Gasteiger partial charge in [-0.15, -0.1) is 0 Å². The van der Waals surface area contributed by atoms with E-state index in [0.29, 0.717) is 17.4 Å². The van der Waals surface area contributed by atoms with Gasteiger partial charge in [0.1, 0.15) is 0 Å². The van der Waals surface area contributed by atoms with Gasteiger partial charge in [0.15, 0.2) is 0 Å². The number of aliphatic hydroxyl groups excluding tert-OH is 1. The molecule has 2 aromatic heterocycles. The topological polar surface area (TPSA) is 134 Å². The average Bonchev–Trinajstić information content (AvgIpc) is 3.78. The quantitative estimate of drug-likeness (QED) is 0.0888. The van der Waals surface area contributed by atoms with Gasteiger partial charge in [0.25, 0.3) is 5.91 Å². The number of aliphatic carboxylic acids is 1. The summed E-state index contributed by atoms with van der Waals surface area (Å²) in [4.78, 5) is 23.0. The zero-order valence-electron chi connectivity index (χ0n) is 32.9. The minimum Gasteiger partial charge on any atom is -0.481 e. The van der Waals surface area contributed by atoms with E-state index in [1.807, 2.05) is 58.9 Å². The van der Waals surface area contributed by atoms with Crippen LogP contribution >= 0.6 is 0 Å². The molecule has 2 aliphatic rings. The van der Waals surface area contributed by atoms with Crippen LogP contribution in [-0.4, -0.2) is 48.2 Å². The number of carbonyl (C=O) groups excluding carboxylic acids is 1. The van der Waals surface area contributed by atoms with E-state index in [0.717, 1.165) is 48.6 Å². The molecule has 2 saturated carbocycles. The van der Waals surface area contributed by atoms with Gasteiger partial charge in [-0.1, -0.05) is 99.2 Å². The van der Waals surface area contributed by atoms with Crippen molar-refractivity contribution in [2.45, 2.75) is 110 Å². The minimum atomic E-state index is -0.930. The lowest BCUT2D eigenvalue weighted by Crippen LogP contribution is -2.26. The van der Waals surface area contributed by atoms with Crippen molar-refractivity contribution in [1.29, 1.82) is 0 Å². The van der Waals surface area contributed by atoms with Crippen LogP contribution in [0.2, 0.25) is 0 Å². The van der Waals surface area contributed by atoms with Crippen LogP contribution in [0.15, 0.2) is 97.3 Å². The summed E-state index contributed by atoms with van der Waals surface area (Å²) in [7, 11) is 0. The molecule has 2 fully saturated rings. The maximum absolute atomic E-state index is 12.3. The summed E-state index contributed by atoms with van der Waals surface area (Å²) in [5.41, 5.74) is 8.17. The molecule has 5 aromatic rings. The number of aromatic nitrogens is 4. The lowest BCUT2D eigenvalue weighted by molar-refractivity contribution is -0.136. The highest BCUT2D eigenvalue weighted by molar-refractivity contribution is 5.94. The molecule has 1 amide bonds. The van der Waals surface area contributed by atoms with Crippen LogP contribution < -0.4 is 10.6 Å². The predicted octanol–water partition coefficient (Wildman–Crippen LogP) is 9.03. The molecule has 296 valence electrons. The smallest absolute Gasteiger partial charge is 0.305 e. The number of carboxylic acid groups (broad SMARTS) is 1. The van der Waals surface area contributed by atoms with Crippen LogP contribution in [0.25, 0.3) is 0 Å². The summed E-state index contributed by atoms with van der Waals surface area (Å²) >= 11 is 0. The molecule has 2 atom stereocenters. The molecule has 7 rings (SSSR count). The lowest BCUT2D eigenvalue weighted by atomic mass is 9.81. The molecule has 3 aromatic carbocycles. The fraction of sp³-hybridized carbons (Fsp3) is 0.435. The van der Waals surface area contributed by atoms with Crippen molar-refractivity contribution in [2.75, 3.05) is 11.9 Å². The number of hydrogen-bond acceptors (Lipinski definition) is 6. The number of carbonyl (C=O) groups is 2. The van der Waals surface area contributed by atoms with Gasteiger partial charge in [-0.3, -0.25) is 19.0 Å². The van der Waals surface area contributed by atoms with E-state index in [-0.39, 0.29) is 31.0 Å². The molecule has 0 aliphatic heterocycles. The van der Waals surface area contributed by atoms with Gasteiger partial charge in [0.05, 0.1) is 43.0 Å². The molecule has 0 saturated heterocycles. The zero-order valence-corrected chi connectivity index (χ0v) is 32.9. The van der Waals surface area contributed by atoms with Gasteiger partial charge in [-0.25, -0.2) is 0 Å². The average molecular weight is 759 g/mol. The second kappa shape index (κ2) is 20.1. The molecule has 2 unspecified atom stereocenters. The molecule has 2 aliphatic carbocycles. The van der Waals surface area contributed by atoms with Gasteiger partial charge in [0.2, 0.25) is 0 Å². The highest BCUT2D eigenvalue weighted by Crippen LogP contribution is 2.38. The number of carboxylic acids is 1.